The van der Waals surface area contributed by atoms with Crippen LogP contribution in [0.2, 0.25) is 5.02 Å². The average molecular weight is 380 g/mol. The van der Waals surface area contributed by atoms with Gasteiger partial charge in [-0.3, -0.25) is 4.79 Å². The molecular formula is C17H14ClNO3S2. The Balaban J connectivity index is 1.74. The molecule has 124 valence electrons. The van der Waals surface area contributed by atoms with Crippen LogP contribution in [0.4, 0.5) is 0 Å². The SMILES string of the molecule is COc1ccc(C(=O)CSc2nc3cc(Cl)ccc3s2)c(OC)c1. The van der Waals surface area contributed by atoms with Gasteiger partial charge in [-0.25, -0.2) is 4.98 Å². The van der Waals surface area contributed by atoms with E-state index in [0.717, 1.165) is 14.6 Å². The highest BCUT2D eigenvalue weighted by atomic mass is 35.5. The molecule has 0 bridgehead atoms. The van der Waals surface area contributed by atoms with Crippen molar-refractivity contribution in [3.63, 3.8) is 0 Å². The van der Waals surface area contributed by atoms with Crippen molar-refractivity contribution in [3.8, 4) is 11.5 Å². The molecule has 0 saturated carbocycles. The second-order valence-corrected chi connectivity index (χ2v) is 7.56. The van der Waals surface area contributed by atoms with Gasteiger partial charge in [0.15, 0.2) is 10.1 Å². The first-order valence-corrected chi connectivity index (χ1v) is 9.23. The van der Waals surface area contributed by atoms with Gasteiger partial charge >= 0.3 is 0 Å². The van der Waals surface area contributed by atoms with Crippen molar-refractivity contribution in [2.75, 3.05) is 20.0 Å². The Morgan fingerprint density at radius 1 is 1.21 bits per heavy atom. The van der Waals surface area contributed by atoms with Crippen LogP contribution < -0.4 is 9.47 Å². The molecule has 0 unspecified atom stereocenters. The van der Waals surface area contributed by atoms with E-state index >= 15 is 0 Å². The van der Waals surface area contributed by atoms with Gasteiger partial charge in [-0.15, -0.1) is 11.3 Å². The van der Waals surface area contributed by atoms with Gasteiger partial charge in [0.2, 0.25) is 0 Å². The molecule has 0 aliphatic rings. The summed E-state index contributed by atoms with van der Waals surface area (Å²) in [6.07, 6.45) is 0. The van der Waals surface area contributed by atoms with Crippen LogP contribution in [0.1, 0.15) is 10.4 Å². The minimum Gasteiger partial charge on any atom is -0.497 e. The number of methoxy groups -OCH3 is 2. The first-order chi connectivity index (χ1) is 11.6. The third-order valence-corrected chi connectivity index (χ3v) is 5.78. The number of halogens is 1. The Labute approximate surface area is 152 Å². The lowest BCUT2D eigenvalue weighted by molar-refractivity contribution is 0.101. The van der Waals surface area contributed by atoms with Gasteiger partial charge in [-0.1, -0.05) is 23.4 Å². The molecule has 1 aromatic heterocycles. The lowest BCUT2D eigenvalue weighted by Gasteiger charge is -2.09. The zero-order chi connectivity index (χ0) is 17.1. The zero-order valence-corrected chi connectivity index (χ0v) is 15.4. The summed E-state index contributed by atoms with van der Waals surface area (Å²) in [7, 11) is 3.11. The molecule has 0 N–H and O–H groups in total. The monoisotopic (exact) mass is 379 g/mol. The van der Waals surface area contributed by atoms with E-state index in [9.17, 15) is 4.79 Å². The van der Waals surface area contributed by atoms with E-state index in [-0.39, 0.29) is 11.5 Å². The first kappa shape index (κ1) is 17.1. The molecule has 4 nitrogen and oxygen atoms in total. The summed E-state index contributed by atoms with van der Waals surface area (Å²) in [5, 5.41) is 0.656. The van der Waals surface area contributed by atoms with Crippen LogP contribution >= 0.6 is 34.7 Å². The fourth-order valence-corrected chi connectivity index (χ4v) is 4.27. The number of nitrogens with zero attached hydrogens (tertiary/aromatic N) is 1. The van der Waals surface area contributed by atoms with Gasteiger partial charge in [0, 0.05) is 11.1 Å². The van der Waals surface area contributed by atoms with Crippen molar-refractivity contribution in [1.29, 1.82) is 0 Å². The molecular weight excluding hydrogens is 366 g/mol. The summed E-state index contributed by atoms with van der Waals surface area (Å²) >= 11 is 8.93. The molecule has 0 aliphatic carbocycles. The van der Waals surface area contributed by atoms with E-state index in [0.29, 0.717) is 22.1 Å². The molecule has 2 aromatic carbocycles. The molecule has 0 fully saturated rings. The highest BCUT2D eigenvalue weighted by molar-refractivity contribution is 8.01. The van der Waals surface area contributed by atoms with E-state index < -0.39 is 0 Å². The topological polar surface area (TPSA) is 48.4 Å². The summed E-state index contributed by atoms with van der Waals surface area (Å²) in [6.45, 7) is 0. The lowest BCUT2D eigenvalue weighted by Crippen LogP contribution is -2.05. The fraction of sp³-hybridized carbons (Fsp3) is 0.176. The third-order valence-electron chi connectivity index (χ3n) is 3.37. The van der Waals surface area contributed by atoms with Crippen molar-refractivity contribution in [2.24, 2.45) is 0 Å². The Hall–Kier alpha value is -1.76. The standard InChI is InChI=1S/C17H14ClNO3S2/c1-21-11-4-5-12(15(8-11)22-2)14(20)9-23-17-19-13-7-10(18)3-6-16(13)24-17/h3-8H,9H2,1-2H3. The number of ether oxygens (including phenoxy) is 2. The molecule has 0 atom stereocenters. The normalized spacial score (nSPS) is 10.8. The minimum atomic E-state index is -0.0169. The number of thioether (sulfide) groups is 1. The molecule has 24 heavy (non-hydrogen) atoms. The van der Waals surface area contributed by atoms with E-state index in [2.05, 4.69) is 4.98 Å². The van der Waals surface area contributed by atoms with E-state index in [1.807, 2.05) is 18.2 Å². The Kier molecular flexibility index (Phi) is 5.28. The number of fused-ring (bicyclic) bond motifs is 1. The van der Waals surface area contributed by atoms with Gasteiger partial charge in [0.1, 0.15) is 11.5 Å². The predicted octanol–water partition coefficient (Wildman–Crippen LogP) is 4.94. The second-order valence-electron chi connectivity index (χ2n) is 4.87. The zero-order valence-electron chi connectivity index (χ0n) is 13.0. The molecule has 0 saturated heterocycles. The minimum absolute atomic E-state index is 0.0169. The number of Topliss-reactive ketones (excluding diaryl/α,β-unsaturated/α-hetero) is 1. The van der Waals surface area contributed by atoms with Crippen molar-refractivity contribution in [2.45, 2.75) is 4.34 Å². The number of hydrogen-bond acceptors (Lipinski definition) is 6. The van der Waals surface area contributed by atoms with Crippen LogP contribution in [-0.4, -0.2) is 30.7 Å². The van der Waals surface area contributed by atoms with E-state index in [1.54, 1.807) is 36.6 Å². The van der Waals surface area contributed by atoms with Crippen LogP contribution in [0, 0.1) is 0 Å². The van der Waals surface area contributed by atoms with Gasteiger partial charge in [0.05, 0.1) is 35.8 Å². The Morgan fingerprint density at radius 2 is 2.04 bits per heavy atom. The number of thiazole rings is 1. The van der Waals surface area contributed by atoms with Gasteiger partial charge in [-0.2, -0.15) is 0 Å². The summed E-state index contributed by atoms with van der Waals surface area (Å²) < 4.78 is 12.3. The third kappa shape index (κ3) is 3.66. The molecule has 0 aliphatic heterocycles. The summed E-state index contributed by atoms with van der Waals surface area (Å²) in [5.74, 6) is 1.43. The number of rotatable bonds is 6. The molecule has 3 rings (SSSR count). The van der Waals surface area contributed by atoms with Crippen LogP contribution in [0.3, 0.4) is 0 Å². The number of ketones is 1. The largest absolute Gasteiger partial charge is 0.497 e. The van der Waals surface area contributed by atoms with Crippen molar-refractivity contribution >= 4 is 50.7 Å². The van der Waals surface area contributed by atoms with Gasteiger partial charge in [0.25, 0.3) is 0 Å². The van der Waals surface area contributed by atoms with Crippen LogP contribution in [0.15, 0.2) is 40.7 Å². The van der Waals surface area contributed by atoms with E-state index in [1.165, 1.54) is 18.9 Å². The average Bonchev–Trinajstić information content (AvgIpc) is 3.00. The van der Waals surface area contributed by atoms with Crippen molar-refractivity contribution in [1.82, 2.24) is 4.98 Å². The molecule has 0 spiro atoms. The maximum Gasteiger partial charge on any atom is 0.176 e. The number of benzene rings is 2. The smallest absolute Gasteiger partial charge is 0.176 e. The highest BCUT2D eigenvalue weighted by Crippen LogP contribution is 2.32. The van der Waals surface area contributed by atoms with Crippen molar-refractivity contribution < 1.29 is 14.3 Å². The molecule has 3 aromatic rings. The molecule has 1 heterocycles. The first-order valence-electron chi connectivity index (χ1n) is 7.05. The maximum atomic E-state index is 12.5. The van der Waals surface area contributed by atoms with Gasteiger partial charge < -0.3 is 9.47 Å². The van der Waals surface area contributed by atoms with E-state index in [4.69, 9.17) is 21.1 Å². The number of carbonyl (C=O) groups excluding carboxylic acids is 1. The van der Waals surface area contributed by atoms with Crippen LogP contribution in [-0.2, 0) is 0 Å². The number of aromatic nitrogens is 1. The quantitative estimate of drug-likeness (QED) is 0.448. The Morgan fingerprint density at radius 3 is 2.79 bits per heavy atom. The number of hydrogen-bond donors (Lipinski definition) is 0. The van der Waals surface area contributed by atoms with Crippen LogP contribution in [0.25, 0.3) is 10.2 Å². The fourth-order valence-electron chi connectivity index (χ4n) is 2.18. The predicted molar refractivity (Wildman–Crippen MR) is 99.2 cm³/mol. The molecule has 7 heteroatoms. The second kappa shape index (κ2) is 7.42. The lowest BCUT2D eigenvalue weighted by atomic mass is 10.1. The van der Waals surface area contributed by atoms with Crippen molar-refractivity contribution in [3.05, 3.63) is 47.0 Å². The summed E-state index contributed by atoms with van der Waals surface area (Å²) in [5.41, 5.74) is 1.39. The summed E-state index contributed by atoms with van der Waals surface area (Å²) in [6, 6.07) is 10.8. The van der Waals surface area contributed by atoms with Gasteiger partial charge in [-0.05, 0) is 30.3 Å². The summed E-state index contributed by atoms with van der Waals surface area (Å²) in [4.78, 5) is 17.0. The maximum absolute atomic E-state index is 12.5. The Bertz CT molecular complexity index is 895. The molecule has 0 radical (unpaired) electrons. The van der Waals surface area contributed by atoms with Crippen LogP contribution in [0.5, 0.6) is 11.5 Å². The molecule has 0 amide bonds. The number of carbonyl (C=O) groups is 1. The highest BCUT2D eigenvalue weighted by Gasteiger charge is 2.15.